The molecule has 22 rings (SSSR count). The number of benzene rings is 14. The van der Waals surface area contributed by atoms with Gasteiger partial charge in [-0.1, -0.05) is 261 Å². The van der Waals surface area contributed by atoms with Crippen molar-refractivity contribution in [3.05, 3.63) is 390 Å². The summed E-state index contributed by atoms with van der Waals surface area (Å²) in [4.78, 5) is 35.9. The number of hydrogen-bond acceptors (Lipinski definition) is 10. The predicted octanol–water partition coefficient (Wildman–Crippen LogP) is 23.8. The van der Waals surface area contributed by atoms with E-state index in [4.69, 9.17) is 39.4 Å². The fraction of sp³-hybridized carbons (Fsp3) is 0.0206. The molecule has 4 aromatic heterocycles. The fourth-order valence-corrected chi connectivity index (χ4v) is 18.4. The molecule has 0 saturated heterocycles. The van der Waals surface area contributed by atoms with Gasteiger partial charge in [-0.05, 0) is 157 Å². The summed E-state index contributed by atoms with van der Waals surface area (Å²) >= 11 is 1.79. The van der Waals surface area contributed by atoms with Crippen molar-refractivity contribution in [3.63, 3.8) is 0 Å². The molecule has 0 fully saturated rings. The lowest BCUT2D eigenvalue weighted by atomic mass is 9.65. The molecule has 0 saturated carbocycles. The normalized spacial score (nSPS) is 14.2. The lowest BCUT2D eigenvalue weighted by molar-refractivity contribution is 0.436. The van der Waals surface area contributed by atoms with Crippen molar-refractivity contribution in [2.24, 2.45) is 0 Å². The van der Waals surface area contributed by atoms with Crippen molar-refractivity contribution in [2.45, 2.75) is 10.8 Å². The summed E-state index contributed by atoms with van der Waals surface area (Å²) in [6.45, 7) is 0. The van der Waals surface area contributed by atoms with Gasteiger partial charge in [-0.3, -0.25) is 4.98 Å². The van der Waals surface area contributed by atoms with Crippen LogP contribution in [0, 0.1) is 0 Å². The number of para-hydroxylation sites is 2. The van der Waals surface area contributed by atoms with Crippen LogP contribution < -0.4 is 9.47 Å². The SMILES string of the molecule is c1ccc(-c2nc(-c3cccc(-c4ccc5c(c4)C4(c6ccccc6O5)c5ccccc5-c5ccc(-c6ccc(-c7nc(-c8cccc(-c9ccc%10c(c9)C9(c%11ccccc%11O%10)c%10ccccc%10-c%10ccccc%109)c8)nc(-c8ccc9c(c8)sc8ccccc89)n7)cc6)cc54)c3)nc(-c3ccccn3)n2)cc1. The molecule has 6 heterocycles. The third-order valence-corrected chi connectivity index (χ3v) is 23.1. The first-order chi connectivity index (χ1) is 53.0. The average molecular weight is 1380 g/mol. The van der Waals surface area contributed by atoms with E-state index < -0.39 is 10.8 Å². The van der Waals surface area contributed by atoms with Crippen LogP contribution in [0.3, 0.4) is 0 Å². The molecule has 1 unspecified atom stereocenters. The van der Waals surface area contributed by atoms with Gasteiger partial charge in [0.05, 0.1) is 10.8 Å². The van der Waals surface area contributed by atoms with Crippen LogP contribution in [0.4, 0.5) is 0 Å². The van der Waals surface area contributed by atoms with Crippen molar-refractivity contribution < 1.29 is 9.47 Å². The highest BCUT2D eigenvalue weighted by Gasteiger charge is 2.53. The molecular formula is C97H57N7O2S. The summed E-state index contributed by atoms with van der Waals surface area (Å²) in [6, 6.07) is 121. The molecule has 14 aromatic carbocycles. The maximum absolute atomic E-state index is 7.00. The Morgan fingerprint density at radius 1 is 0.215 bits per heavy atom. The predicted molar refractivity (Wildman–Crippen MR) is 428 cm³/mol. The van der Waals surface area contributed by atoms with Gasteiger partial charge in [-0.15, -0.1) is 11.3 Å². The van der Waals surface area contributed by atoms with Crippen molar-refractivity contribution in [3.8, 4) is 147 Å². The molecule has 2 aliphatic carbocycles. The van der Waals surface area contributed by atoms with E-state index in [9.17, 15) is 0 Å². The maximum atomic E-state index is 7.00. The molecule has 0 radical (unpaired) electrons. The standard InChI is InChI=1S/C97H57N7O2S/c1-2-20-59(21-3-1)90-99-93(104-95(103-90)83-35-16-17-51-98-83)67-25-19-23-62(53-67)65-46-50-87-82(56-65)97(79-34-12-14-37-85(79)106-87)77-32-10-6-28-71(77)72-47-43-63(54-80(72)97)58-39-41-60(42-40-58)91-100-92(102-94(101-91)68-44-48-74-73-29-7-15-38-88(73)107-89(74)57-68)66-24-18-22-61(52-66)64-45-49-86-81(55-64)96(78-33-11-13-36-84(78)105-86)75-30-8-4-26-69(75)70-27-5-9-31-76(70)96/h1-57H. The summed E-state index contributed by atoms with van der Waals surface area (Å²) < 4.78 is 16.3. The first-order valence-electron chi connectivity index (χ1n) is 36.0. The molecule has 10 heteroatoms. The molecule has 0 bridgehead atoms. The van der Waals surface area contributed by atoms with Crippen LogP contribution in [-0.2, 0) is 10.8 Å². The van der Waals surface area contributed by atoms with E-state index in [-0.39, 0.29) is 0 Å². The number of thiophene rings is 1. The first kappa shape index (κ1) is 60.6. The van der Waals surface area contributed by atoms with Gasteiger partial charge in [0.15, 0.2) is 34.9 Å². The number of aromatic nitrogens is 7. The molecule has 498 valence electrons. The lowest BCUT2D eigenvalue weighted by Gasteiger charge is -2.39. The van der Waals surface area contributed by atoms with Gasteiger partial charge in [-0.25, -0.2) is 29.9 Å². The quantitative estimate of drug-likeness (QED) is 0.140. The van der Waals surface area contributed by atoms with E-state index in [2.05, 4.69) is 296 Å². The Bertz CT molecular complexity index is 6630. The molecule has 0 N–H and O–H groups in total. The second kappa shape index (κ2) is 23.8. The summed E-state index contributed by atoms with van der Waals surface area (Å²) in [5.41, 5.74) is 24.0. The van der Waals surface area contributed by atoms with Gasteiger partial charge in [0.2, 0.25) is 0 Å². The number of nitrogens with zero attached hydrogens (tertiary/aromatic N) is 7. The Morgan fingerprint density at radius 3 is 1.17 bits per heavy atom. The monoisotopic (exact) mass is 1380 g/mol. The molecule has 107 heavy (non-hydrogen) atoms. The molecule has 2 spiro atoms. The summed E-state index contributed by atoms with van der Waals surface area (Å²) in [5.74, 6) is 6.70. The third kappa shape index (κ3) is 9.39. The molecule has 1 atom stereocenters. The second-order valence-electron chi connectivity index (χ2n) is 27.8. The van der Waals surface area contributed by atoms with Crippen LogP contribution in [0.1, 0.15) is 44.5 Å². The first-order valence-corrected chi connectivity index (χ1v) is 36.8. The molecular weight excluding hydrogens is 1330 g/mol. The zero-order valence-corrected chi connectivity index (χ0v) is 58.1. The number of ether oxygens (including phenoxy) is 2. The summed E-state index contributed by atoms with van der Waals surface area (Å²) in [6.07, 6.45) is 1.76. The summed E-state index contributed by atoms with van der Waals surface area (Å²) in [5, 5.41) is 2.45. The number of fused-ring (bicyclic) bond motifs is 21. The highest BCUT2D eigenvalue weighted by Crippen LogP contribution is 2.65. The Labute approximate surface area is 620 Å². The second-order valence-corrected chi connectivity index (χ2v) is 28.8. The Hall–Kier alpha value is -13.9. The van der Waals surface area contributed by atoms with Gasteiger partial charge in [0.25, 0.3) is 0 Å². The third-order valence-electron chi connectivity index (χ3n) is 22.0. The smallest absolute Gasteiger partial charge is 0.182 e. The van der Waals surface area contributed by atoms with E-state index in [1.807, 2.05) is 48.5 Å². The van der Waals surface area contributed by atoms with Crippen LogP contribution in [0.15, 0.2) is 346 Å². The van der Waals surface area contributed by atoms with Crippen LogP contribution in [0.5, 0.6) is 23.0 Å². The maximum Gasteiger partial charge on any atom is 0.182 e. The van der Waals surface area contributed by atoms with Crippen molar-refractivity contribution in [1.82, 2.24) is 34.9 Å². The van der Waals surface area contributed by atoms with E-state index in [0.29, 0.717) is 40.6 Å². The topological polar surface area (TPSA) is 109 Å². The number of pyridine rings is 1. The van der Waals surface area contributed by atoms with E-state index in [1.54, 1.807) is 17.5 Å². The van der Waals surface area contributed by atoms with Gasteiger partial charge < -0.3 is 9.47 Å². The van der Waals surface area contributed by atoms with Crippen LogP contribution >= 0.6 is 11.3 Å². The van der Waals surface area contributed by atoms with Crippen molar-refractivity contribution in [1.29, 1.82) is 0 Å². The minimum Gasteiger partial charge on any atom is -0.457 e. The molecule has 2 aliphatic heterocycles. The minimum absolute atomic E-state index is 0.504. The van der Waals surface area contributed by atoms with Crippen LogP contribution in [0.2, 0.25) is 0 Å². The zero-order chi connectivity index (χ0) is 70.3. The van der Waals surface area contributed by atoms with Crippen LogP contribution in [-0.4, -0.2) is 34.9 Å². The van der Waals surface area contributed by atoms with E-state index in [1.165, 1.54) is 64.7 Å². The largest absolute Gasteiger partial charge is 0.457 e. The Kier molecular flexibility index (Phi) is 13.5. The highest BCUT2D eigenvalue weighted by molar-refractivity contribution is 7.25. The number of hydrogen-bond donors (Lipinski definition) is 0. The number of rotatable bonds is 9. The van der Waals surface area contributed by atoms with Crippen molar-refractivity contribution >= 4 is 31.5 Å². The molecule has 9 nitrogen and oxygen atoms in total. The molecule has 4 aliphatic rings. The molecule has 18 aromatic rings. The molecule has 0 amide bonds. The van der Waals surface area contributed by atoms with Crippen molar-refractivity contribution in [2.75, 3.05) is 0 Å². The lowest BCUT2D eigenvalue weighted by Crippen LogP contribution is -2.32. The fourth-order valence-electron chi connectivity index (χ4n) is 17.2. The van der Waals surface area contributed by atoms with Gasteiger partial charge in [-0.2, -0.15) is 0 Å². The zero-order valence-electron chi connectivity index (χ0n) is 57.3. The average Bonchev–Trinajstić information content (AvgIpc) is 1.56. The Balaban J connectivity index is 0.651. The van der Waals surface area contributed by atoms with Gasteiger partial charge in [0.1, 0.15) is 28.7 Å². The minimum atomic E-state index is -0.763. The summed E-state index contributed by atoms with van der Waals surface area (Å²) in [7, 11) is 0. The van der Waals surface area contributed by atoms with E-state index >= 15 is 0 Å². The highest BCUT2D eigenvalue weighted by atomic mass is 32.1. The van der Waals surface area contributed by atoms with Gasteiger partial charge in [0, 0.05) is 76.4 Å². The Morgan fingerprint density at radius 2 is 0.589 bits per heavy atom. The van der Waals surface area contributed by atoms with E-state index in [0.717, 1.165) is 106 Å². The van der Waals surface area contributed by atoms with Gasteiger partial charge >= 0.3 is 0 Å². The van der Waals surface area contributed by atoms with Crippen LogP contribution in [0.25, 0.3) is 144 Å².